The summed E-state index contributed by atoms with van der Waals surface area (Å²) >= 11 is 0. The molecule has 0 bridgehead atoms. The molecule has 0 aliphatic carbocycles. The van der Waals surface area contributed by atoms with Crippen LogP contribution in [-0.4, -0.2) is 12.2 Å². The van der Waals surface area contributed by atoms with Crippen molar-refractivity contribution in [2.24, 2.45) is 0 Å². The van der Waals surface area contributed by atoms with E-state index >= 15 is 0 Å². The lowest BCUT2D eigenvalue weighted by molar-refractivity contribution is 0.284. The van der Waals surface area contributed by atoms with Crippen LogP contribution in [0.2, 0.25) is 0 Å². The third kappa shape index (κ3) is 2.66. The molecule has 1 aliphatic heterocycles. The molecule has 1 atom stereocenters. The molecule has 1 unspecified atom stereocenters. The Morgan fingerprint density at radius 3 is 2.73 bits per heavy atom. The molecule has 63 valence electrons. The van der Waals surface area contributed by atoms with Gasteiger partial charge < -0.3 is 4.74 Å². The van der Waals surface area contributed by atoms with E-state index in [0.29, 0.717) is 0 Å². The summed E-state index contributed by atoms with van der Waals surface area (Å²) in [6, 6.07) is 0. The van der Waals surface area contributed by atoms with Gasteiger partial charge in [0.25, 0.3) is 0 Å². The van der Waals surface area contributed by atoms with E-state index in [-0.39, 0.29) is 5.60 Å². The van der Waals surface area contributed by atoms with Crippen molar-refractivity contribution in [2.75, 3.05) is 6.61 Å². The fraction of sp³-hybridized carbons (Fsp3) is 0.700. The topological polar surface area (TPSA) is 12.5 Å². The van der Waals surface area contributed by atoms with Gasteiger partial charge in [-0.25, -0.2) is 0 Å². The monoisotopic (exact) mass is 153 g/mol. The highest BCUT2D eigenvalue weighted by Gasteiger charge is 2.42. The second-order valence-corrected chi connectivity index (χ2v) is 3.48. The molecule has 0 aromatic carbocycles. The zero-order chi connectivity index (χ0) is 8.32. The highest BCUT2D eigenvalue weighted by atomic mass is 16.6. The smallest absolute Gasteiger partial charge is 0.0922 e. The first-order valence-electron chi connectivity index (χ1n) is 4.31. The maximum Gasteiger partial charge on any atom is 0.0922 e. The molecule has 0 amide bonds. The van der Waals surface area contributed by atoms with Gasteiger partial charge in [-0.1, -0.05) is 25.5 Å². The first-order valence-corrected chi connectivity index (χ1v) is 4.31. The molecular formula is C10H17O. The fourth-order valence-electron chi connectivity index (χ4n) is 1.28. The van der Waals surface area contributed by atoms with Crippen LogP contribution in [0.5, 0.6) is 0 Å². The van der Waals surface area contributed by atoms with Gasteiger partial charge in [-0.05, 0) is 26.2 Å². The first-order chi connectivity index (χ1) is 5.18. The van der Waals surface area contributed by atoms with E-state index in [2.05, 4.69) is 19.9 Å². The highest BCUT2D eigenvalue weighted by Crippen LogP contribution is 2.37. The first kappa shape index (κ1) is 8.79. The molecule has 1 radical (unpaired) electrons. The maximum absolute atomic E-state index is 5.41. The molecule has 11 heavy (non-hydrogen) atoms. The van der Waals surface area contributed by atoms with Crippen LogP contribution in [0, 0.1) is 6.42 Å². The number of epoxide rings is 1. The number of rotatable bonds is 5. The zero-order valence-corrected chi connectivity index (χ0v) is 7.52. The van der Waals surface area contributed by atoms with E-state index < -0.39 is 0 Å². The van der Waals surface area contributed by atoms with E-state index in [1.807, 2.05) is 6.92 Å². The maximum atomic E-state index is 5.41. The number of hydrogen-bond donors (Lipinski definition) is 0. The second kappa shape index (κ2) is 3.40. The molecule has 0 N–H and O–H groups in total. The summed E-state index contributed by atoms with van der Waals surface area (Å²) in [6.45, 7) is 9.01. The average molecular weight is 153 g/mol. The molecule has 1 rings (SSSR count). The van der Waals surface area contributed by atoms with Gasteiger partial charge in [-0.3, -0.25) is 0 Å². The molecule has 1 saturated heterocycles. The summed E-state index contributed by atoms with van der Waals surface area (Å²) in [5.41, 5.74) is 1.37. The number of ether oxygens (including phenoxy) is 1. The molecule has 0 spiro atoms. The SMILES string of the molecule is C=C(C)[CH]CC1(CCC)CO1. The Hall–Kier alpha value is -0.300. The predicted molar refractivity (Wildman–Crippen MR) is 47.3 cm³/mol. The van der Waals surface area contributed by atoms with Crippen molar-refractivity contribution in [3.8, 4) is 0 Å². The predicted octanol–water partition coefficient (Wildman–Crippen LogP) is 2.73. The summed E-state index contributed by atoms with van der Waals surface area (Å²) in [5, 5.41) is 0. The molecule has 1 heterocycles. The van der Waals surface area contributed by atoms with Gasteiger partial charge in [-0.15, -0.1) is 0 Å². The fourth-order valence-corrected chi connectivity index (χ4v) is 1.28. The van der Waals surface area contributed by atoms with E-state index in [1.54, 1.807) is 0 Å². The van der Waals surface area contributed by atoms with E-state index in [0.717, 1.165) is 18.6 Å². The van der Waals surface area contributed by atoms with E-state index in [9.17, 15) is 0 Å². The number of allylic oxidation sites excluding steroid dienone is 1. The van der Waals surface area contributed by atoms with Crippen LogP contribution in [0.25, 0.3) is 0 Å². The molecule has 1 fully saturated rings. The molecule has 0 saturated carbocycles. The Balaban J connectivity index is 2.19. The molecule has 1 nitrogen and oxygen atoms in total. The summed E-state index contributed by atoms with van der Waals surface area (Å²) < 4.78 is 5.41. The zero-order valence-electron chi connectivity index (χ0n) is 7.52. The largest absolute Gasteiger partial charge is 0.370 e. The quantitative estimate of drug-likeness (QED) is 0.553. The summed E-state index contributed by atoms with van der Waals surface area (Å²) in [4.78, 5) is 0. The van der Waals surface area contributed by atoms with Crippen LogP contribution in [0.15, 0.2) is 12.2 Å². The molecule has 0 aromatic rings. The van der Waals surface area contributed by atoms with Gasteiger partial charge in [0.05, 0.1) is 12.2 Å². The molecular weight excluding hydrogens is 136 g/mol. The van der Waals surface area contributed by atoms with Gasteiger partial charge in [0, 0.05) is 0 Å². The Labute approximate surface area is 69.4 Å². The Bertz CT molecular complexity index is 145. The Kier molecular flexibility index (Phi) is 2.72. The van der Waals surface area contributed by atoms with Crippen molar-refractivity contribution in [3.63, 3.8) is 0 Å². The normalized spacial score (nSPS) is 28.5. The lowest BCUT2D eigenvalue weighted by Gasteiger charge is -2.08. The van der Waals surface area contributed by atoms with Gasteiger partial charge >= 0.3 is 0 Å². The van der Waals surface area contributed by atoms with Gasteiger partial charge in [0.1, 0.15) is 0 Å². The van der Waals surface area contributed by atoms with Crippen molar-refractivity contribution in [1.29, 1.82) is 0 Å². The van der Waals surface area contributed by atoms with Crippen LogP contribution < -0.4 is 0 Å². The second-order valence-electron chi connectivity index (χ2n) is 3.48. The summed E-state index contributed by atoms with van der Waals surface area (Å²) in [7, 11) is 0. The minimum Gasteiger partial charge on any atom is -0.370 e. The van der Waals surface area contributed by atoms with Gasteiger partial charge in [-0.2, -0.15) is 0 Å². The van der Waals surface area contributed by atoms with Crippen LogP contribution in [0.1, 0.15) is 33.1 Å². The number of hydrogen-bond acceptors (Lipinski definition) is 1. The lowest BCUT2D eigenvalue weighted by atomic mass is 9.97. The molecule has 1 aliphatic rings. The Morgan fingerprint density at radius 2 is 2.36 bits per heavy atom. The van der Waals surface area contributed by atoms with Crippen molar-refractivity contribution in [2.45, 2.75) is 38.7 Å². The highest BCUT2D eigenvalue weighted by molar-refractivity contribution is 5.09. The van der Waals surface area contributed by atoms with Gasteiger partial charge in [0.15, 0.2) is 0 Å². The minimum atomic E-state index is 0.216. The van der Waals surface area contributed by atoms with Gasteiger partial charge in [0.2, 0.25) is 0 Å². The van der Waals surface area contributed by atoms with Crippen molar-refractivity contribution in [1.82, 2.24) is 0 Å². The van der Waals surface area contributed by atoms with Crippen molar-refractivity contribution < 1.29 is 4.74 Å². The summed E-state index contributed by atoms with van der Waals surface area (Å²) in [5.74, 6) is 0. The summed E-state index contributed by atoms with van der Waals surface area (Å²) in [6.07, 6.45) is 5.62. The lowest BCUT2D eigenvalue weighted by Crippen LogP contribution is -2.10. The standard InChI is InChI=1S/C10H17O/c1-4-6-10(8-11-10)7-5-9(2)3/h5H,2,4,6-8H2,1,3H3. The molecule has 0 aromatic heterocycles. The average Bonchev–Trinajstić information content (AvgIpc) is 2.67. The van der Waals surface area contributed by atoms with Crippen molar-refractivity contribution in [3.05, 3.63) is 18.6 Å². The van der Waals surface area contributed by atoms with Crippen LogP contribution in [0.3, 0.4) is 0 Å². The van der Waals surface area contributed by atoms with Crippen molar-refractivity contribution >= 4 is 0 Å². The molecule has 1 heteroatoms. The third-order valence-electron chi connectivity index (χ3n) is 2.08. The van der Waals surface area contributed by atoms with E-state index in [4.69, 9.17) is 4.74 Å². The van der Waals surface area contributed by atoms with E-state index in [1.165, 1.54) is 12.8 Å². The minimum absolute atomic E-state index is 0.216. The third-order valence-corrected chi connectivity index (χ3v) is 2.08. The van der Waals surface area contributed by atoms with Crippen LogP contribution in [0.4, 0.5) is 0 Å². The van der Waals surface area contributed by atoms with Crippen LogP contribution in [-0.2, 0) is 4.74 Å². The Morgan fingerprint density at radius 1 is 1.73 bits per heavy atom. The van der Waals surface area contributed by atoms with Crippen LogP contribution >= 0.6 is 0 Å².